The van der Waals surface area contributed by atoms with Gasteiger partial charge in [-0.3, -0.25) is 4.79 Å². The van der Waals surface area contributed by atoms with E-state index in [1.54, 1.807) is 11.8 Å². The number of benzene rings is 1. The van der Waals surface area contributed by atoms with Gasteiger partial charge in [0.15, 0.2) is 0 Å². The molecule has 146 valence electrons. The van der Waals surface area contributed by atoms with Gasteiger partial charge in [-0.1, -0.05) is 18.2 Å². The van der Waals surface area contributed by atoms with Crippen LogP contribution in [0.3, 0.4) is 0 Å². The maximum atomic E-state index is 12.8. The van der Waals surface area contributed by atoms with Crippen LogP contribution in [0, 0.1) is 6.92 Å². The Morgan fingerprint density at radius 3 is 2.75 bits per heavy atom. The number of amides is 1. The maximum absolute atomic E-state index is 12.8. The van der Waals surface area contributed by atoms with Crippen LogP contribution in [0.1, 0.15) is 40.1 Å². The largest absolute Gasteiger partial charge is 0.427 e. The lowest BCUT2D eigenvalue weighted by Gasteiger charge is -2.30. The van der Waals surface area contributed by atoms with Crippen LogP contribution in [0.15, 0.2) is 45.7 Å². The predicted molar refractivity (Wildman–Crippen MR) is 109 cm³/mol. The molecule has 0 aliphatic carbocycles. The second-order valence-electron chi connectivity index (χ2n) is 7.55. The summed E-state index contributed by atoms with van der Waals surface area (Å²) in [5.41, 5.74) is 8.45. The van der Waals surface area contributed by atoms with Gasteiger partial charge < -0.3 is 20.0 Å². The number of carbonyl (C=O) groups is 1. The smallest absolute Gasteiger partial charge is 0.349 e. The number of piperidine rings is 1. The monoisotopic (exact) mass is 379 g/mol. The van der Waals surface area contributed by atoms with Gasteiger partial charge in [-0.05, 0) is 49.4 Å². The number of aryl methyl sites for hydroxylation is 3. The van der Waals surface area contributed by atoms with Crippen LogP contribution in [0.4, 0.5) is 0 Å². The molecule has 3 heterocycles. The number of nitrogens with two attached hydrogens (primary N) is 1. The molecule has 0 spiro atoms. The van der Waals surface area contributed by atoms with Gasteiger partial charge in [-0.2, -0.15) is 0 Å². The minimum absolute atomic E-state index is 0.133. The fraction of sp³-hybridized carbons (Fsp3) is 0.364. The van der Waals surface area contributed by atoms with E-state index in [0.29, 0.717) is 30.8 Å². The van der Waals surface area contributed by atoms with E-state index in [1.165, 1.54) is 10.9 Å². The van der Waals surface area contributed by atoms with Gasteiger partial charge in [0.05, 0.1) is 0 Å². The molecule has 1 saturated heterocycles. The third-order valence-corrected chi connectivity index (χ3v) is 5.56. The highest BCUT2D eigenvalue weighted by Gasteiger charge is 2.26. The highest BCUT2D eigenvalue weighted by atomic mass is 16.4. The third-order valence-electron chi connectivity index (χ3n) is 5.56. The van der Waals surface area contributed by atoms with Crippen LogP contribution in [0.2, 0.25) is 0 Å². The molecule has 1 aliphatic rings. The molecule has 6 heteroatoms. The molecule has 0 saturated carbocycles. The van der Waals surface area contributed by atoms with Gasteiger partial charge in [0.25, 0.3) is 5.91 Å². The first kappa shape index (κ1) is 18.5. The predicted octanol–water partition coefficient (Wildman–Crippen LogP) is 2.78. The number of rotatable bonds is 4. The molecule has 1 amide bonds. The lowest BCUT2D eigenvalue weighted by Crippen LogP contribution is -2.44. The van der Waals surface area contributed by atoms with Crippen LogP contribution in [0.25, 0.3) is 10.9 Å². The van der Waals surface area contributed by atoms with Crippen molar-refractivity contribution in [2.75, 3.05) is 13.1 Å². The van der Waals surface area contributed by atoms with Crippen molar-refractivity contribution in [3.63, 3.8) is 0 Å². The van der Waals surface area contributed by atoms with Gasteiger partial charge in [0.1, 0.15) is 11.3 Å². The highest BCUT2D eigenvalue weighted by molar-refractivity contribution is 5.95. The Bertz CT molecular complexity index is 1060. The van der Waals surface area contributed by atoms with Crippen molar-refractivity contribution in [1.82, 2.24) is 9.88 Å². The molecule has 1 aromatic carbocycles. The summed E-state index contributed by atoms with van der Waals surface area (Å²) in [7, 11) is 0. The van der Waals surface area contributed by atoms with Crippen LogP contribution in [-0.2, 0) is 12.8 Å². The van der Waals surface area contributed by atoms with Crippen molar-refractivity contribution in [3.05, 3.63) is 69.4 Å². The zero-order valence-corrected chi connectivity index (χ0v) is 16.0. The normalized spacial score (nSPS) is 15.3. The average molecular weight is 379 g/mol. The van der Waals surface area contributed by atoms with Crippen LogP contribution >= 0.6 is 0 Å². The molecule has 2 aromatic heterocycles. The highest BCUT2D eigenvalue weighted by Crippen LogP contribution is 2.20. The second-order valence-corrected chi connectivity index (χ2v) is 7.55. The first-order chi connectivity index (χ1) is 13.5. The molecule has 0 atom stereocenters. The summed E-state index contributed by atoms with van der Waals surface area (Å²) in [6.45, 7) is 2.97. The number of nitrogens with one attached hydrogen (secondary N) is 1. The molecule has 1 fully saturated rings. The fourth-order valence-electron chi connectivity index (χ4n) is 3.91. The third kappa shape index (κ3) is 3.60. The van der Waals surface area contributed by atoms with E-state index >= 15 is 0 Å². The number of para-hydroxylation sites is 1. The van der Waals surface area contributed by atoms with Gasteiger partial charge in [-0.15, -0.1) is 0 Å². The van der Waals surface area contributed by atoms with Gasteiger partial charge in [0.2, 0.25) is 0 Å². The lowest BCUT2D eigenvalue weighted by atomic mass is 10.0. The van der Waals surface area contributed by atoms with Gasteiger partial charge >= 0.3 is 5.63 Å². The topological polar surface area (TPSA) is 92.3 Å². The minimum atomic E-state index is -0.547. The average Bonchev–Trinajstić information content (AvgIpc) is 3.09. The van der Waals surface area contributed by atoms with Crippen LogP contribution in [0.5, 0.6) is 0 Å². The Morgan fingerprint density at radius 1 is 1.25 bits per heavy atom. The van der Waals surface area contributed by atoms with E-state index < -0.39 is 5.63 Å². The fourth-order valence-corrected chi connectivity index (χ4v) is 3.91. The Kier molecular flexibility index (Phi) is 5.05. The second kappa shape index (κ2) is 7.64. The van der Waals surface area contributed by atoms with E-state index in [0.717, 1.165) is 24.8 Å². The van der Waals surface area contributed by atoms with Crippen molar-refractivity contribution in [2.24, 2.45) is 5.73 Å². The summed E-state index contributed by atoms with van der Waals surface area (Å²) < 4.78 is 5.49. The van der Waals surface area contributed by atoms with E-state index in [4.69, 9.17) is 10.2 Å². The first-order valence-corrected chi connectivity index (χ1v) is 9.76. The van der Waals surface area contributed by atoms with E-state index in [9.17, 15) is 9.59 Å². The first-order valence-electron chi connectivity index (χ1n) is 9.76. The molecule has 0 unspecified atom stereocenters. The van der Waals surface area contributed by atoms with E-state index in [1.807, 2.05) is 30.5 Å². The van der Waals surface area contributed by atoms with Crippen LogP contribution in [-0.4, -0.2) is 34.9 Å². The number of aromatic nitrogens is 1. The molecule has 4 rings (SSSR count). The summed E-state index contributed by atoms with van der Waals surface area (Å²) in [6, 6.07) is 10.1. The number of nitrogens with zero attached hydrogens (tertiary/aromatic N) is 1. The van der Waals surface area contributed by atoms with Crippen molar-refractivity contribution in [3.8, 4) is 0 Å². The number of fused-ring (bicyclic) bond motifs is 1. The Labute approximate surface area is 163 Å². The zero-order valence-electron chi connectivity index (χ0n) is 16.0. The molecule has 28 heavy (non-hydrogen) atoms. The quantitative estimate of drug-likeness (QED) is 0.729. The van der Waals surface area contributed by atoms with Crippen molar-refractivity contribution >= 4 is 16.8 Å². The Balaban J connectivity index is 1.51. The standard InChI is InChI=1S/C22H25N3O3/c1-14-12-17(7-6-15-13-24-19-5-3-2-4-18(15)19)28-22(27)20(14)21(26)25-10-8-16(23)9-11-25/h2-5,12-13,16,24H,6-11,23H2,1H3. The van der Waals surface area contributed by atoms with Crippen molar-refractivity contribution in [2.45, 2.75) is 38.6 Å². The summed E-state index contributed by atoms with van der Waals surface area (Å²) in [6.07, 6.45) is 4.88. The summed E-state index contributed by atoms with van der Waals surface area (Å²) in [5, 5.41) is 1.18. The summed E-state index contributed by atoms with van der Waals surface area (Å²) >= 11 is 0. The summed E-state index contributed by atoms with van der Waals surface area (Å²) in [5.74, 6) is 0.353. The number of aromatic amines is 1. The maximum Gasteiger partial charge on any atom is 0.349 e. The van der Waals surface area contributed by atoms with E-state index in [2.05, 4.69) is 11.1 Å². The molecular formula is C22H25N3O3. The number of hydrogen-bond donors (Lipinski definition) is 2. The molecule has 3 N–H and O–H groups in total. The number of H-pyrrole nitrogens is 1. The molecule has 1 aliphatic heterocycles. The molecule has 0 bridgehead atoms. The summed E-state index contributed by atoms with van der Waals surface area (Å²) in [4.78, 5) is 30.3. The molecular weight excluding hydrogens is 354 g/mol. The van der Waals surface area contributed by atoms with Crippen molar-refractivity contribution < 1.29 is 9.21 Å². The molecule has 6 nitrogen and oxygen atoms in total. The Hall–Kier alpha value is -2.86. The van der Waals surface area contributed by atoms with Gasteiger partial charge in [-0.25, -0.2) is 4.79 Å². The number of hydrogen-bond acceptors (Lipinski definition) is 4. The minimum Gasteiger partial charge on any atom is -0.427 e. The molecule has 0 radical (unpaired) electrons. The van der Waals surface area contributed by atoms with Gasteiger partial charge in [0, 0.05) is 42.7 Å². The van der Waals surface area contributed by atoms with Crippen molar-refractivity contribution in [1.29, 1.82) is 0 Å². The molecule has 3 aromatic rings. The lowest BCUT2D eigenvalue weighted by molar-refractivity contribution is 0.0709. The Morgan fingerprint density at radius 2 is 2.00 bits per heavy atom. The number of likely N-dealkylation sites (tertiary alicyclic amines) is 1. The zero-order chi connectivity index (χ0) is 19.7. The number of carbonyl (C=O) groups excluding carboxylic acids is 1. The van der Waals surface area contributed by atoms with E-state index in [-0.39, 0.29) is 17.5 Å². The van der Waals surface area contributed by atoms with Crippen LogP contribution < -0.4 is 11.4 Å². The SMILES string of the molecule is Cc1cc(CCc2c[nH]c3ccccc23)oc(=O)c1C(=O)N1CCC(N)CC1.